The van der Waals surface area contributed by atoms with Gasteiger partial charge in [0.25, 0.3) is 9.84 Å². The molecule has 11 nitrogen and oxygen atoms in total. The lowest BCUT2D eigenvalue weighted by Crippen LogP contribution is -2.25. The average Bonchev–Trinajstić information content (AvgIpc) is 3.08. The molecule has 0 radical (unpaired) electrons. The molecule has 0 spiro atoms. The molecule has 244 valence electrons. The van der Waals surface area contributed by atoms with Gasteiger partial charge in [0, 0.05) is 50.5 Å². The number of Topliss-reactive ketones (excluding diaryl/α,β-unsaturated/α-hetero) is 1. The number of ether oxygens (including phenoxy) is 2. The van der Waals surface area contributed by atoms with Crippen molar-refractivity contribution in [3.63, 3.8) is 0 Å². The van der Waals surface area contributed by atoms with Gasteiger partial charge in [0.1, 0.15) is 18.0 Å². The topological polar surface area (TPSA) is 130 Å². The van der Waals surface area contributed by atoms with Crippen LogP contribution in [0.5, 0.6) is 12.0 Å². The van der Waals surface area contributed by atoms with Crippen LogP contribution in [-0.4, -0.2) is 58.3 Å². The molecule has 0 atom stereocenters. The predicted octanol–water partition coefficient (Wildman–Crippen LogP) is 6.22. The minimum Gasteiger partial charge on any atom is -0.460 e. The molecule has 5 rings (SSSR count). The Morgan fingerprint density at radius 2 is 1.22 bits per heavy atom. The van der Waals surface area contributed by atoms with Crippen molar-refractivity contribution in [1.82, 2.24) is 19.9 Å². The Kier molecular flexibility index (Phi) is 14.5. The molecule has 12 heteroatoms. The summed E-state index contributed by atoms with van der Waals surface area (Å²) in [6.07, 6.45) is 15.9. The maximum Gasteiger partial charge on any atom is 0.316 e. The summed E-state index contributed by atoms with van der Waals surface area (Å²) in [5.41, 5.74) is 3.22. The first-order chi connectivity index (χ1) is 22.1. The highest BCUT2D eigenvalue weighted by atomic mass is 32.2. The van der Waals surface area contributed by atoms with Gasteiger partial charge in [0.05, 0.1) is 4.90 Å². The molecule has 2 fully saturated rings. The molecule has 2 aliphatic rings. The standard InChI is InChI=1S/C13H17N3O.C12H16N2O2.C9H9NO2S/c1-3-10-8-15-13(16-9-10)17-12-6-4-11(14-2)5-7-12;1-2-9-7-13-12(14-8-9)16-11-5-3-10(15)4-6-11;1-8-3-5-9(6-4-8)13(11,12)7-10-2/h8-9,11-12H,3-7H2,1H3;7-8,11H,2-6H2,1H3;3-6H,7H2,1H3. The summed E-state index contributed by atoms with van der Waals surface area (Å²) >= 11 is 0. The summed E-state index contributed by atoms with van der Waals surface area (Å²) in [5.74, 6) is -0.141. The molecule has 0 N–H and O–H groups in total. The molecule has 0 unspecified atom stereocenters. The van der Waals surface area contributed by atoms with E-state index in [0.29, 0.717) is 30.6 Å². The molecule has 0 bridgehead atoms. The van der Waals surface area contributed by atoms with Gasteiger partial charge in [0.15, 0.2) is 0 Å². The zero-order valence-electron chi connectivity index (χ0n) is 26.8. The van der Waals surface area contributed by atoms with Crippen LogP contribution >= 0.6 is 0 Å². The number of ketones is 1. The van der Waals surface area contributed by atoms with Crippen molar-refractivity contribution in [2.24, 2.45) is 0 Å². The SMILES string of the molecule is CCc1cnc(OC2CCC(=O)CC2)nc1.[C-]#[N+]C1CCC(Oc2ncc(CC)cn2)CC1.[C-]#[N+]CS(=O)(=O)c1ccc(C)cc1. The lowest BCUT2D eigenvalue weighted by atomic mass is 9.94. The van der Waals surface area contributed by atoms with Crippen molar-refractivity contribution in [3.8, 4) is 12.0 Å². The third-order valence-electron chi connectivity index (χ3n) is 7.66. The minimum absolute atomic E-state index is 0.102. The number of aryl methyl sites for hydroxylation is 3. The molecule has 2 aromatic heterocycles. The highest BCUT2D eigenvalue weighted by Gasteiger charge is 2.26. The van der Waals surface area contributed by atoms with Gasteiger partial charge < -0.3 is 14.3 Å². The van der Waals surface area contributed by atoms with E-state index in [4.69, 9.17) is 22.6 Å². The smallest absolute Gasteiger partial charge is 0.316 e. The molecule has 3 aromatic rings. The molecule has 1 aromatic carbocycles. The largest absolute Gasteiger partial charge is 0.460 e. The third kappa shape index (κ3) is 12.2. The van der Waals surface area contributed by atoms with Gasteiger partial charge in [-0.05, 0) is 68.7 Å². The van der Waals surface area contributed by atoms with Crippen molar-refractivity contribution >= 4 is 15.6 Å². The lowest BCUT2D eigenvalue weighted by Gasteiger charge is -2.22. The van der Waals surface area contributed by atoms with Gasteiger partial charge in [0.2, 0.25) is 6.04 Å². The van der Waals surface area contributed by atoms with Crippen molar-refractivity contribution in [2.45, 2.75) is 108 Å². The molecule has 46 heavy (non-hydrogen) atoms. The summed E-state index contributed by atoms with van der Waals surface area (Å²) in [4.78, 5) is 34.4. The number of hydrogen-bond donors (Lipinski definition) is 0. The number of rotatable bonds is 8. The normalized spacial score (nSPS) is 18.0. The number of aromatic nitrogens is 4. The Labute approximate surface area is 272 Å². The van der Waals surface area contributed by atoms with Gasteiger partial charge in [-0.2, -0.15) is 0 Å². The summed E-state index contributed by atoms with van der Waals surface area (Å²) in [5, 5.41) is 0. The second kappa shape index (κ2) is 18.5. The zero-order valence-corrected chi connectivity index (χ0v) is 27.6. The summed E-state index contributed by atoms with van der Waals surface area (Å²) < 4.78 is 34.0. The van der Waals surface area contributed by atoms with Gasteiger partial charge in [-0.3, -0.25) is 9.64 Å². The van der Waals surface area contributed by atoms with Crippen molar-refractivity contribution < 1.29 is 22.7 Å². The number of carbonyl (C=O) groups is 1. The lowest BCUT2D eigenvalue weighted by molar-refractivity contribution is -0.121. The molecule has 0 saturated heterocycles. The van der Waals surface area contributed by atoms with Gasteiger partial charge in [-0.15, -0.1) is 0 Å². The molecule has 2 heterocycles. The van der Waals surface area contributed by atoms with E-state index in [0.717, 1.165) is 68.1 Å². The monoisotopic (exact) mass is 646 g/mol. The number of nitrogens with zero attached hydrogens (tertiary/aromatic N) is 6. The molecule has 2 aliphatic carbocycles. The Balaban J connectivity index is 0.000000190. The third-order valence-corrected chi connectivity index (χ3v) is 9.11. The quantitative estimate of drug-likeness (QED) is 0.262. The van der Waals surface area contributed by atoms with Crippen LogP contribution in [0.4, 0.5) is 0 Å². The Morgan fingerprint density at radius 1 is 0.761 bits per heavy atom. The van der Waals surface area contributed by atoms with E-state index >= 15 is 0 Å². The zero-order chi connectivity index (χ0) is 33.4. The summed E-state index contributed by atoms with van der Waals surface area (Å²) in [7, 11) is -3.38. The second-order valence-corrected chi connectivity index (χ2v) is 13.2. The van der Waals surface area contributed by atoms with Crippen LogP contribution < -0.4 is 9.47 Å². The van der Waals surface area contributed by atoms with Crippen molar-refractivity contribution in [3.05, 3.63) is 88.6 Å². The number of carbonyl (C=O) groups excluding carboxylic acids is 1. The first-order valence-electron chi connectivity index (χ1n) is 15.6. The fourth-order valence-electron chi connectivity index (χ4n) is 4.70. The van der Waals surface area contributed by atoms with Crippen LogP contribution in [0.2, 0.25) is 0 Å². The van der Waals surface area contributed by atoms with Gasteiger partial charge >= 0.3 is 17.9 Å². The Hall–Kier alpha value is -4.42. The van der Waals surface area contributed by atoms with E-state index < -0.39 is 15.7 Å². The van der Waals surface area contributed by atoms with Gasteiger partial charge in [-0.1, -0.05) is 31.5 Å². The van der Waals surface area contributed by atoms with Crippen LogP contribution in [-0.2, 0) is 27.5 Å². The van der Waals surface area contributed by atoms with E-state index in [9.17, 15) is 13.2 Å². The van der Waals surface area contributed by atoms with Crippen LogP contribution in [0.15, 0.2) is 53.9 Å². The molecule has 0 aliphatic heterocycles. The van der Waals surface area contributed by atoms with E-state index in [-0.39, 0.29) is 23.1 Å². The number of hydrogen-bond acceptors (Lipinski definition) is 9. The highest BCUT2D eigenvalue weighted by Crippen LogP contribution is 2.24. The summed E-state index contributed by atoms with van der Waals surface area (Å²) in [6, 6.07) is 7.57. The van der Waals surface area contributed by atoms with Gasteiger partial charge in [-0.25, -0.2) is 41.5 Å². The Morgan fingerprint density at radius 3 is 1.63 bits per heavy atom. The fraction of sp³-hybridized carbons (Fsp3) is 0.500. The van der Waals surface area contributed by atoms with E-state index in [1.807, 2.05) is 19.3 Å². The highest BCUT2D eigenvalue weighted by molar-refractivity contribution is 7.91. The first kappa shape index (κ1) is 36.1. The maximum atomic E-state index is 11.3. The molecular weight excluding hydrogens is 604 g/mol. The Bertz CT molecular complexity index is 1550. The van der Waals surface area contributed by atoms with Crippen LogP contribution in [0.1, 0.15) is 81.9 Å². The first-order valence-corrected chi connectivity index (χ1v) is 17.3. The summed E-state index contributed by atoms with van der Waals surface area (Å²) in [6.45, 7) is 19.5. The van der Waals surface area contributed by atoms with Crippen molar-refractivity contribution in [2.75, 3.05) is 5.88 Å². The number of benzene rings is 1. The van der Waals surface area contributed by atoms with Crippen LogP contribution in [0, 0.1) is 20.1 Å². The minimum atomic E-state index is -3.38. The predicted molar refractivity (Wildman–Crippen MR) is 174 cm³/mol. The maximum absolute atomic E-state index is 11.3. The van der Waals surface area contributed by atoms with Crippen molar-refractivity contribution in [1.29, 1.82) is 0 Å². The second-order valence-electron chi connectivity index (χ2n) is 11.2. The van der Waals surface area contributed by atoms with Crippen LogP contribution in [0.25, 0.3) is 9.69 Å². The molecule has 2 saturated carbocycles. The molecule has 0 amide bonds. The average molecular weight is 647 g/mol. The van der Waals surface area contributed by atoms with E-state index in [2.05, 4.69) is 43.5 Å². The van der Waals surface area contributed by atoms with Crippen LogP contribution in [0.3, 0.4) is 0 Å². The fourth-order valence-corrected chi connectivity index (χ4v) is 5.57. The van der Waals surface area contributed by atoms with E-state index in [1.54, 1.807) is 24.5 Å². The van der Waals surface area contributed by atoms with E-state index in [1.165, 1.54) is 12.1 Å². The number of sulfone groups is 1. The molecular formula is C34H42N6O5S.